The number of nitrogens with zero attached hydrogens (tertiary/aromatic N) is 5. The summed E-state index contributed by atoms with van der Waals surface area (Å²) in [4.78, 5) is 3.62. The van der Waals surface area contributed by atoms with Gasteiger partial charge < -0.3 is 5.32 Å². The van der Waals surface area contributed by atoms with Crippen molar-refractivity contribution in [1.29, 1.82) is 0 Å². The van der Waals surface area contributed by atoms with E-state index in [4.69, 9.17) is 0 Å². The molecule has 21 heavy (non-hydrogen) atoms. The molecule has 2 heterocycles. The minimum absolute atomic E-state index is 0.0358. The summed E-state index contributed by atoms with van der Waals surface area (Å²) in [5.41, 5.74) is 2.70. The van der Waals surface area contributed by atoms with Gasteiger partial charge in [-0.25, -0.2) is 9.67 Å². The predicted octanol–water partition coefficient (Wildman–Crippen LogP) is 2.37. The molecule has 0 saturated carbocycles. The summed E-state index contributed by atoms with van der Waals surface area (Å²) >= 11 is 0. The lowest BCUT2D eigenvalue weighted by Gasteiger charge is -2.16. The van der Waals surface area contributed by atoms with Crippen molar-refractivity contribution in [2.45, 2.75) is 13.0 Å². The molecule has 0 radical (unpaired) electrons. The van der Waals surface area contributed by atoms with E-state index in [0.717, 1.165) is 16.9 Å². The molecule has 0 bridgehead atoms. The van der Waals surface area contributed by atoms with Crippen molar-refractivity contribution in [1.82, 2.24) is 25.2 Å². The number of rotatable bonds is 4. The molecule has 0 fully saturated rings. The Hall–Kier alpha value is -2.83. The standard InChI is InChI=1S/C14H13FN6/c1-10(18-12-5-6-14(15)16-8-12)11-3-2-4-13(7-11)21-9-17-19-20-21/h2-10,18H,1H3. The van der Waals surface area contributed by atoms with Crippen molar-refractivity contribution in [3.8, 4) is 5.69 Å². The average Bonchev–Trinajstić information content (AvgIpc) is 3.04. The van der Waals surface area contributed by atoms with Gasteiger partial charge in [0.25, 0.3) is 0 Å². The van der Waals surface area contributed by atoms with Crippen molar-refractivity contribution < 1.29 is 4.39 Å². The second-order valence-corrected chi connectivity index (χ2v) is 4.59. The van der Waals surface area contributed by atoms with Gasteiger partial charge in [-0.2, -0.15) is 4.39 Å². The Kier molecular flexibility index (Phi) is 3.55. The molecule has 0 saturated heterocycles. The lowest BCUT2D eigenvalue weighted by Crippen LogP contribution is -2.08. The van der Waals surface area contributed by atoms with Crippen molar-refractivity contribution in [3.05, 3.63) is 60.4 Å². The molecule has 106 valence electrons. The van der Waals surface area contributed by atoms with Crippen LogP contribution < -0.4 is 5.32 Å². The fourth-order valence-electron chi connectivity index (χ4n) is 2.01. The number of hydrogen-bond donors (Lipinski definition) is 1. The van der Waals surface area contributed by atoms with E-state index in [1.165, 1.54) is 12.3 Å². The van der Waals surface area contributed by atoms with Crippen LogP contribution in [-0.2, 0) is 0 Å². The highest BCUT2D eigenvalue weighted by Gasteiger charge is 2.07. The molecular weight excluding hydrogens is 271 g/mol. The number of halogens is 1. The molecule has 0 aliphatic carbocycles. The van der Waals surface area contributed by atoms with Crippen LogP contribution in [0.2, 0.25) is 0 Å². The molecule has 1 N–H and O–H groups in total. The molecule has 1 unspecified atom stereocenters. The Morgan fingerprint density at radius 2 is 2.14 bits per heavy atom. The van der Waals surface area contributed by atoms with Crippen LogP contribution in [0.15, 0.2) is 48.9 Å². The van der Waals surface area contributed by atoms with Gasteiger partial charge in [0, 0.05) is 6.04 Å². The van der Waals surface area contributed by atoms with Crippen LogP contribution in [0.25, 0.3) is 5.69 Å². The third kappa shape index (κ3) is 3.02. The normalized spacial score (nSPS) is 12.1. The molecular formula is C14H13FN6. The number of tetrazole rings is 1. The molecule has 7 heteroatoms. The zero-order chi connectivity index (χ0) is 14.7. The number of pyridine rings is 1. The Morgan fingerprint density at radius 1 is 1.24 bits per heavy atom. The molecule has 0 amide bonds. The number of nitrogens with one attached hydrogen (secondary N) is 1. The smallest absolute Gasteiger partial charge is 0.212 e. The minimum atomic E-state index is -0.492. The summed E-state index contributed by atoms with van der Waals surface area (Å²) in [5, 5.41) is 14.4. The summed E-state index contributed by atoms with van der Waals surface area (Å²) in [6.07, 6.45) is 3.01. The van der Waals surface area contributed by atoms with E-state index in [0.29, 0.717) is 0 Å². The summed E-state index contributed by atoms with van der Waals surface area (Å²) in [7, 11) is 0. The molecule has 2 aromatic heterocycles. The average molecular weight is 284 g/mol. The minimum Gasteiger partial charge on any atom is -0.377 e. The highest BCUT2D eigenvalue weighted by atomic mass is 19.1. The van der Waals surface area contributed by atoms with Crippen LogP contribution in [-0.4, -0.2) is 25.2 Å². The third-order valence-corrected chi connectivity index (χ3v) is 3.09. The Balaban J connectivity index is 1.80. The summed E-state index contributed by atoms with van der Waals surface area (Å²) in [6.45, 7) is 2.02. The quantitative estimate of drug-likeness (QED) is 0.745. The third-order valence-electron chi connectivity index (χ3n) is 3.09. The zero-order valence-electron chi connectivity index (χ0n) is 11.3. The first-order chi connectivity index (χ1) is 10.2. The van der Waals surface area contributed by atoms with Crippen LogP contribution >= 0.6 is 0 Å². The first kappa shape index (κ1) is 13.2. The number of benzene rings is 1. The van der Waals surface area contributed by atoms with Gasteiger partial charge in [-0.1, -0.05) is 12.1 Å². The maximum Gasteiger partial charge on any atom is 0.212 e. The maximum absolute atomic E-state index is 12.8. The first-order valence-corrected chi connectivity index (χ1v) is 6.44. The molecule has 6 nitrogen and oxygen atoms in total. The second-order valence-electron chi connectivity index (χ2n) is 4.59. The highest BCUT2D eigenvalue weighted by molar-refractivity contribution is 5.44. The summed E-state index contributed by atoms with van der Waals surface area (Å²) < 4.78 is 14.4. The van der Waals surface area contributed by atoms with Crippen LogP contribution in [0.3, 0.4) is 0 Å². The van der Waals surface area contributed by atoms with Crippen molar-refractivity contribution in [2.75, 3.05) is 5.32 Å². The van der Waals surface area contributed by atoms with E-state index in [-0.39, 0.29) is 6.04 Å². The molecule has 0 aliphatic rings. The van der Waals surface area contributed by atoms with E-state index in [1.54, 1.807) is 17.1 Å². The number of hydrogen-bond acceptors (Lipinski definition) is 5. The van der Waals surface area contributed by atoms with Crippen molar-refractivity contribution in [2.24, 2.45) is 0 Å². The monoisotopic (exact) mass is 284 g/mol. The lowest BCUT2D eigenvalue weighted by atomic mass is 10.1. The van der Waals surface area contributed by atoms with Crippen LogP contribution in [0.5, 0.6) is 0 Å². The van der Waals surface area contributed by atoms with Crippen LogP contribution in [0.1, 0.15) is 18.5 Å². The van der Waals surface area contributed by atoms with E-state index in [1.807, 2.05) is 31.2 Å². The van der Waals surface area contributed by atoms with Gasteiger partial charge in [-0.15, -0.1) is 5.10 Å². The van der Waals surface area contributed by atoms with Gasteiger partial charge >= 0.3 is 0 Å². The highest BCUT2D eigenvalue weighted by Crippen LogP contribution is 2.20. The van der Waals surface area contributed by atoms with Gasteiger partial charge in [-0.05, 0) is 47.2 Å². The summed E-state index contributed by atoms with van der Waals surface area (Å²) in [6, 6.07) is 10.9. The first-order valence-electron chi connectivity index (χ1n) is 6.44. The van der Waals surface area contributed by atoms with E-state index >= 15 is 0 Å². The molecule has 0 spiro atoms. The van der Waals surface area contributed by atoms with Crippen LogP contribution in [0.4, 0.5) is 10.1 Å². The zero-order valence-corrected chi connectivity index (χ0v) is 11.3. The Morgan fingerprint density at radius 3 is 2.86 bits per heavy atom. The van der Waals surface area contributed by atoms with Gasteiger partial charge in [0.1, 0.15) is 6.33 Å². The maximum atomic E-state index is 12.8. The predicted molar refractivity (Wildman–Crippen MR) is 75.4 cm³/mol. The topological polar surface area (TPSA) is 68.5 Å². The molecule has 1 atom stereocenters. The van der Waals surface area contributed by atoms with E-state index in [2.05, 4.69) is 25.8 Å². The van der Waals surface area contributed by atoms with Gasteiger partial charge in [-0.3, -0.25) is 0 Å². The van der Waals surface area contributed by atoms with Gasteiger partial charge in [0.2, 0.25) is 5.95 Å². The van der Waals surface area contributed by atoms with Gasteiger partial charge in [0.05, 0.1) is 17.6 Å². The second kappa shape index (κ2) is 5.66. The SMILES string of the molecule is CC(Nc1ccc(F)nc1)c1cccc(-n2cnnn2)c1. The fraction of sp³-hybridized carbons (Fsp3) is 0.143. The largest absolute Gasteiger partial charge is 0.377 e. The number of anilines is 1. The molecule has 0 aliphatic heterocycles. The summed E-state index contributed by atoms with van der Waals surface area (Å²) in [5.74, 6) is -0.492. The molecule has 3 rings (SSSR count). The van der Waals surface area contributed by atoms with E-state index in [9.17, 15) is 4.39 Å². The Labute approximate surface area is 120 Å². The van der Waals surface area contributed by atoms with Crippen molar-refractivity contribution in [3.63, 3.8) is 0 Å². The Bertz CT molecular complexity index is 711. The molecule has 3 aromatic rings. The van der Waals surface area contributed by atoms with E-state index < -0.39 is 5.95 Å². The lowest BCUT2D eigenvalue weighted by molar-refractivity contribution is 0.584. The fourth-order valence-corrected chi connectivity index (χ4v) is 2.01. The molecule has 1 aromatic carbocycles. The van der Waals surface area contributed by atoms with Gasteiger partial charge in [0.15, 0.2) is 0 Å². The van der Waals surface area contributed by atoms with Crippen molar-refractivity contribution >= 4 is 5.69 Å². The number of aromatic nitrogens is 5. The van der Waals surface area contributed by atoms with Crippen LogP contribution in [0, 0.1) is 5.95 Å².